The molecule has 0 saturated carbocycles. The second kappa shape index (κ2) is 5.83. The molecule has 1 heterocycles. The van der Waals surface area contributed by atoms with Gasteiger partial charge in [-0.2, -0.15) is 5.26 Å². The van der Waals surface area contributed by atoms with E-state index in [1.165, 1.54) is 0 Å². The molecule has 1 fully saturated rings. The number of carboxylic acid groups (broad SMARTS) is 1. The highest BCUT2D eigenvalue weighted by Gasteiger charge is 2.28. The average molecular weight is 225 g/mol. The first-order chi connectivity index (χ1) is 7.60. The van der Waals surface area contributed by atoms with Gasteiger partial charge in [-0.1, -0.05) is 6.92 Å². The first-order valence-corrected chi connectivity index (χ1v) is 5.70. The molecule has 2 atom stereocenters. The molecule has 0 bridgehead atoms. The lowest BCUT2D eigenvalue weighted by atomic mass is 10.1. The van der Waals surface area contributed by atoms with E-state index in [0.29, 0.717) is 6.42 Å². The minimum Gasteiger partial charge on any atom is -0.480 e. The number of rotatable bonds is 4. The summed E-state index contributed by atoms with van der Waals surface area (Å²) in [5.41, 5.74) is 0. The fourth-order valence-corrected chi connectivity index (χ4v) is 2.11. The van der Waals surface area contributed by atoms with Gasteiger partial charge in [-0.3, -0.25) is 14.6 Å². The first-order valence-electron chi connectivity index (χ1n) is 5.70. The van der Waals surface area contributed by atoms with Crippen molar-refractivity contribution < 1.29 is 9.90 Å². The van der Waals surface area contributed by atoms with Crippen molar-refractivity contribution in [3.63, 3.8) is 0 Å². The van der Waals surface area contributed by atoms with E-state index < -0.39 is 5.97 Å². The fourth-order valence-electron chi connectivity index (χ4n) is 2.11. The minimum atomic E-state index is -0.746. The van der Waals surface area contributed by atoms with Gasteiger partial charge in [0.05, 0.1) is 12.1 Å². The number of carboxylic acids is 1. The van der Waals surface area contributed by atoms with Crippen LogP contribution in [0.15, 0.2) is 0 Å². The van der Waals surface area contributed by atoms with Gasteiger partial charge in [0.25, 0.3) is 0 Å². The molecule has 0 aromatic heterocycles. The van der Waals surface area contributed by atoms with E-state index >= 15 is 0 Å². The molecule has 0 aliphatic carbocycles. The van der Waals surface area contributed by atoms with Crippen LogP contribution in [-0.4, -0.2) is 59.1 Å². The van der Waals surface area contributed by atoms with Crippen LogP contribution in [-0.2, 0) is 4.79 Å². The Morgan fingerprint density at radius 1 is 1.38 bits per heavy atom. The molecular weight excluding hydrogens is 206 g/mol. The summed E-state index contributed by atoms with van der Waals surface area (Å²) < 4.78 is 0. The fraction of sp³-hybridized carbons (Fsp3) is 0.818. The highest BCUT2D eigenvalue weighted by atomic mass is 16.4. The molecule has 0 spiro atoms. The number of nitrogens with zero attached hydrogens (tertiary/aromatic N) is 3. The highest BCUT2D eigenvalue weighted by molar-refractivity contribution is 5.73. The number of aliphatic carboxylic acids is 1. The molecule has 5 nitrogen and oxygen atoms in total. The average Bonchev–Trinajstić information content (AvgIpc) is 2.29. The van der Waals surface area contributed by atoms with Crippen LogP contribution in [0.2, 0.25) is 0 Å². The summed E-state index contributed by atoms with van der Waals surface area (Å²) >= 11 is 0. The predicted octanol–water partition coefficient (Wildman–Crippen LogP) is 0.379. The molecule has 1 N–H and O–H groups in total. The third kappa shape index (κ3) is 2.94. The molecule has 1 aliphatic rings. The van der Waals surface area contributed by atoms with Crippen LogP contribution in [0.25, 0.3) is 0 Å². The van der Waals surface area contributed by atoms with Crippen molar-refractivity contribution in [2.45, 2.75) is 32.4 Å². The molecule has 1 aliphatic heterocycles. The first kappa shape index (κ1) is 12.9. The maximum atomic E-state index is 11.0. The van der Waals surface area contributed by atoms with Crippen molar-refractivity contribution in [1.29, 1.82) is 5.26 Å². The maximum Gasteiger partial charge on any atom is 0.320 e. The molecule has 0 aromatic rings. The van der Waals surface area contributed by atoms with E-state index in [4.69, 9.17) is 10.4 Å². The number of nitriles is 1. The second-order valence-corrected chi connectivity index (χ2v) is 4.14. The largest absolute Gasteiger partial charge is 0.480 e. The Balaban J connectivity index is 2.48. The Bertz CT molecular complexity index is 279. The Morgan fingerprint density at radius 2 is 1.88 bits per heavy atom. The molecule has 16 heavy (non-hydrogen) atoms. The third-order valence-electron chi connectivity index (χ3n) is 3.20. The van der Waals surface area contributed by atoms with Crippen molar-refractivity contribution in [2.75, 3.05) is 26.2 Å². The van der Waals surface area contributed by atoms with Gasteiger partial charge in [0, 0.05) is 26.2 Å². The normalized spacial score (nSPS) is 22.3. The van der Waals surface area contributed by atoms with E-state index in [1.54, 1.807) is 0 Å². The van der Waals surface area contributed by atoms with Gasteiger partial charge in [-0.05, 0) is 13.3 Å². The molecule has 0 amide bonds. The quantitative estimate of drug-likeness (QED) is 0.749. The Hall–Kier alpha value is -1.12. The van der Waals surface area contributed by atoms with E-state index in [1.807, 2.05) is 18.7 Å². The van der Waals surface area contributed by atoms with E-state index in [-0.39, 0.29) is 12.1 Å². The van der Waals surface area contributed by atoms with Crippen molar-refractivity contribution in [3.05, 3.63) is 0 Å². The second-order valence-electron chi connectivity index (χ2n) is 4.14. The van der Waals surface area contributed by atoms with Gasteiger partial charge in [-0.15, -0.1) is 0 Å². The Morgan fingerprint density at radius 3 is 2.25 bits per heavy atom. The van der Waals surface area contributed by atoms with Crippen LogP contribution in [0, 0.1) is 11.3 Å². The standard InChI is InChI=1S/C11H19N3O2/c1-3-10(11(15)16)14-6-4-13(5-7-14)9(2)8-12/h9-10H,3-7H2,1-2H3,(H,15,16). The van der Waals surface area contributed by atoms with E-state index in [9.17, 15) is 4.79 Å². The summed E-state index contributed by atoms with van der Waals surface area (Å²) in [5, 5.41) is 17.8. The lowest BCUT2D eigenvalue weighted by molar-refractivity contribution is -0.144. The van der Waals surface area contributed by atoms with Crippen molar-refractivity contribution in [1.82, 2.24) is 9.80 Å². The minimum absolute atomic E-state index is 0.0768. The van der Waals surface area contributed by atoms with Crippen molar-refractivity contribution >= 4 is 5.97 Å². The van der Waals surface area contributed by atoms with Crippen LogP contribution >= 0.6 is 0 Å². The monoisotopic (exact) mass is 225 g/mol. The number of carbonyl (C=O) groups is 1. The van der Waals surface area contributed by atoms with Gasteiger partial charge in [0.15, 0.2) is 0 Å². The van der Waals surface area contributed by atoms with Crippen LogP contribution in [0.1, 0.15) is 20.3 Å². The zero-order chi connectivity index (χ0) is 12.1. The molecule has 0 aromatic carbocycles. The van der Waals surface area contributed by atoms with Crippen LogP contribution in [0.5, 0.6) is 0 Å². The number of hydrogen-bond acceptors (Lipinski definition) is 4. The molecule has 1 rings (SSSR count). The Labute approximate surface area is 96.3 Å². The molecule has 1 saturated heterocycles. The predicted molar refractivity (Wildman–Crippen MR) is 59.9 cm³/mol. The lowest BCUT2D eigenvalue weighted by Crippen LogP contribution is -2.54. The van der Waals surface area contributed by atoms with Gasteiger partial charge in [0.1, 0.15) is 6.04 Å². The van der Waals surface area contributed by atoms with E-state index in [0.717, 1.165) is 26.2 Å². The summed E-state index contributed by atoms with van der Waals surface area (Å²) in [7, 11) is 0. The van der Waals surface area contributed by atoms with Gasteiger partial charge in [-0.25, -0.2) is 0 Å². The Kier molecular flexibility index (Phi) is 4.71. The molecule has 90 valence electrons. The molecule has 2 unspecified atom stereocenters. The summed E-state index contributed by atoms with van der Waals surface area (Å²) in [5.74, 6) is -0.746. The van der Waals surface area contributed by atoms with Crippen LogP contribution < -0.4 is 0 Å². The molecule has 5 heteroatoms. The van der Waals surface area contributed by atoms with Gasteiger partial charge in [0.2, 0.25) is 0 Å². The lowest BCUT2D eigenvalue weighted by Gasteiger charge is -2.38. The number of hydrogen-bond donors (Lipinski definition) is 1. The summed E-state index contributed by atoms with van der Waals surface area (Å²) in [4.78, 5) is 15.1. The molecule has 0 radical (unpaired) electrons. The molecular formula is C11H19N3O2. The zero-order valence-corrected chi connectivity index (χ0v) is 9.89. The smallest absolute Gasteiger partial charge is 0.320 e. The summed E-state index contributed by atoms with van der Waals surface area (Å²) in [6.45, 7) is 6.79. The number of piperazine rings is 1. The maximum absolute atomic E-state index is 11.0. The zero-order valence-electron chi connectivity index (χ0n) is 9.89. The van der Waals surface area contributed by atoms with Gasteiger partial charge >= 0.3 is 5.97 Å². The van der Waals surface area contributed by atoms with Gasteiger partial charge < -0.3 is 5.11 Å². The third-order valence-corrected chi connectivity index (χ3v) is 3.20. The topological polar surface area (TPSA) is 67.6 Å². The van der Waals surface area contributed by atoms with Crippen molar-refractivity contribution in [2.24, 2.45) is 0 Å². The van der Waals surface area contributed by atoms with Crippen LogP contribution in [0.4, 0.5) is 0 Å². The summed E-state index contributed by atoms with van der Waals surface area (Å²) in [6, 6.07) is 1.75. The summed E-state index contributed by atoms with van der Waals surface area (Å²) in [6.07, 6.45) is 0.628. The van der Waals surface area contributed by atoms with Crippen LogP contribution in [0.3, 0.4) is 0 Å². The SMILES string of the molecule is CCC(C(=O)O)N1CCN(C(C)C#N)CC1. The van der Waals surface area contributed by atoms with E-state index in [2.05, 4.69) is 11.0 Å². The van der Waals surface area contributed by atoms with Crippen molar-refractivity contribution in [3.8, 4) is 6.07 Å². The highest BCUT2D eigenvalue weighted by Crippen LogP contribution is 2.11.